The number of halogens is 1. The van der Waals surface area contributed by atoms with Gasteiger partial charge in [-0.1, -0.05) is 6.92 Å². The number of likely N-dealkylation sites (N-methyl/N-ethyl adjacent to an activating group) is 1. The summed E-state index contributed by atoms with van der Waals surface area (Å²) in [6.45, 7) is 6.41. The Morgan fingerprint density at radius 3 is 2.39 bits per heavy atom. The van der Waals surface area contributed by atoms with Crippen molar-refractivity contribution in [3.8, 4) is 28.7 Å². The molecular weight excluding hydrogens is 534 g/mol. The van der Waals surface area contributed by atoms with Crippen LogP contribution in [0.25, 0.3) is 0 Å². The summed E-state index contributed by atoms with van der Waals surface area (Å²) in [7, 11) is 4.46. The number of nitrogens with one attached hydrogen (secondary N) is 1. The average molecular weight is 568 g/mol. The Labute approximate surface area is 219 Å². The van der Waals surface area contributed by atoms with Crippen LogP contribution in [0.1, 0.15) is 46.0 Å². The van der Waals surface area contributed by atoms with Gasteiger partial charge in [0.2, 0.25) is 0 Å². The number of methoxy groups -OCH3 is 3. The van der Waals surface area contributed by atoms with Crippen LogP contribution in [0.2, 0.25) is 0 Å². The highest BCUT2D eigenvalue weighted by Gasteiger charge is 2.27. The van der Waals surface area contributed by atoms with Crippen molar-refractivity contribution in [3.63, 3.8) is 0 Å². The molecule has 2 aromatic carbocycles. The normalized spacial score (nSPS) is 15.0. The van der Waals surface area contributed by atoms with Gasteiger partial charge >= 0.3 is 0 Å². The first kappa shape index (κ1) is 29.1. The summed E-state index contributed by atoms with van der Waals surface area (Å²) in [4.78, 5) is 25.7. The summed E-state index contributed by atoms with van der Waals surface area (Å²) < 4.78 is 15.8. The molecule has 3 rings (SSSR count). The van der Waals surface area contributed by atoms with Crippen LogP contribution in [-0.4, -0.2) is 73.9 Å². The number of hydrogen-bond acceptors (Lipinski definition) is 8. The number of ether oxygens (including phenoxy) is 3. The van der Waals surface area contributed by atoms with Crippen LogP contribution in [0, 0.1) is 6.92 Å². The van der Waals surface area contributed by atoms with Gasteiger partial charge in [0.25, 0.3) is 11.8 Å². The van der Waals surface area contributed by atoms with Crippen molar-refractivity contribution in [1.82, 2.24) is 10.2 Å². The number of primary amides is 1. The highest BCUT2D eigenvalue weighted by Crippen LogP contribution is 2.41. The van der Waals surface area contributed by atoms with Crippen molar-refractivity contribution in [2.45, 2.75) is 32.7 Å². The number of phenols is 2. The molecule has 0 bridgehead atoms. The van der Waals surface area contributed by atoms with Crippen LogP contribution in [0.3, 0.4) is 0 Å². The number of nitrogens with zero attached hydrogens (tertiary/aromatic N) is 1. The fourth-order valence-corrected chi connectivity index (χ4v) is 4.79. The monoisotopic (exact) mass is 567 g/mol. The molecule has 10 nitrogen and oxygen atoms in total. The molecule has 2 aromatic rings. The van der Waals surface area contributed by atoms with Gasteiger partial charge in [0.15, 0.2) is 11.5 Å². The van der Waals surface area contributed by atoms with Gasteiger partial charge in [-0.05, 0) is 60.9 Å². The van der Waals surface area contributed by atoms with E-state index in [2.05, 4.69) is 33.1 Å². The molecule has 1 atom stereocenters. The fourth-order valence-electron chi connectivity index (χ4n) is 4.21. The van der Waals surface area contributed by atoms with Gasteiger partial charge in [0.1, 0.15) is 22.8 Å². The second kappa shape index (κ2) is 13.2. The summed E-state index contributed by atoms with van der Waals surface area (Å²) in [6.07, 6.45) is 2.17. The summed E-state index contributed by atoms with van der Waals surface area (Å²) in [5.41, 5.74) is 6.27. The lowest BCUT2D eigenvalue weighted by atomic mass is 10.1. The smallest absolute Gasteiger partial charge is 0.259 e. The molecule has 0 aliphatic carbocycles. The van der Waals surface area contributed by atoms with Crippen molar-refractivity contribution in [2.24, 2.45) is 5.73 Å². The number of phenolic OH excluding ortho intramolecular Hbond substituents is 2. The molecule has 1 aliphatic rings. The van der Waals surface area contributed by atoms with Gasteiger partial charge in [-0.3, -0.25) is 14.5 Å². The van der Waals surface area contributed by atoms with E-state index in [1.54, 1.807) is 19.2 Å². The topological polar surface area (TPSA) is 144 Å². The Bertz CT molecular complexity index is 1090. The van der Waals surface area contributed by atoms with Crippen LogP contribution < -0.4 is 25.3 Å². The number of benzene rings is 2. The Balaban J connectivity index is 0.000000281. The van der Waals surface area contributed by atoms with Crippen LogP contribution in [0.5, 0.6) is 28.7 Å². The average Bonchev–Trinajstić information content (AvgIpc) is 3.32. The third kappa shape index (κ3) is 6.52. The van der Waals surface area contributed by atoms with Crippen molar-refractivity contribution in [2.75, 3.05) is 41.0 Å². The van der Waals surface area contributed by atoms with Crippen molar-refractivity contribution >= 4 is 27.7 Å². The second-order valence-electron chi connectivity index (χ2n) is 8.11. The Morgan fingerprint density at radius 1 is 1.17 bits per heavy atom. The lowest BCUT2D eigenvalue weighted by Gasteiger charge is -2.23. The minimum Gasteiger partial charge on any atom is -0.504 e. The van der Waals surface area contributed by atoms with Gasteiger partial charge in [-0.15, -0.1) is 0 Å². The Morgan fingerprint density at radius 2 is 1.83 bits per heavy atom. The van der Waals surface area contributed by atoms with E-state index in [-0.39, 0.29) is 17.1 Å². The van der Waals surface area contributed by atoms with Crippen LogP contribution in [0.4, 0.5) is 0 Å². The van der Waals surface area contributed by atoms with Gasteiger partial charge in [-0.2, -0.15) is 0 Å². The highest BCUT2D eigenvalue weighted by atomic mass is 79.9. The standard InChI is InChI=1S/C15H21BrN2O4.C10H13NO3/c1-3-18-6-4-5-9(18)8-17-15(21)12-13(20)11(19)7-10(16)14(12)22-2;1-6-8(13-2)5-4-7(10(11)12)9(6)14-3/h7,9,19-20H,3-6,8H2,1-2H3,(H,17,21);4-5H,1-3H3,(H2,11,12)/t9-;/m0./s1. The van der Waals surface area contributed by atoms with Gasteiger partial charge < -0.3 is 35.5 Å². The highest BCUT2D eigenvalue weighted by molar-refractivity contribution is 9.10. The molecule has 1 aliphatic heterocycles. The number of likely N-dealkylation sites (tertiary alicyclic amines) is 1. The largest absolute Gasteiger partial charge is 0.504 e. The van der Waals surface area contributed by atoms with Gasteiger partial charge in [0, 0.05) is 24.2 Å². The molecular formula is C25H34BrN3O7. The lowest BCUT2D eigenvalue weighted by Crippen LogP contribution is -2.40. The number of carbonyl (C=O) groups excluding carboxylic acids is 2. The van der Waals surface area contributed by atoms with Crippen LogP contribution in [0.15, 0.2) is 22.7 Å². The zero-order valence-electron chi connectivity index (χ0n) is 21.2. The number of aromatic hydroxyl groups is 2. The zero-order chi connectivity index (χ0) is 27.0. The molecule has 1 heterocycles. The predicted molar refractivity (Wildman–Crippen MR) is 139 cm³/mol. The first-order valence-electron chi connectivity index (χ1n) is 11.4. The number of rotatable bonds is 8. The molecule has 0 spiro atoms. The maximum Gasteiger partial charge on any atom is 0.259 e. The molecule has 198 valence electrons. The van der Waals surface area contributed by atoms with E-state index in [9.17, 15) is 19.8 Å². The van der Waals surface area contributed by atoms with E-state index in [0.29, 0.717) is 34.1 Å². The van der Waals surface area contributed by atoms with E-state index in [0.717, 1.165) is 31.5 Å². The Kier molecular flexibility index (Phi) is 10.7. The number of hydrogen-bond donors (Lipinski definition) is 4. The minimum atomic E-state index is -0.507. The molecule has 0 unspecified atom stereocenters. The van der Waals surface area contributed by atoms with Crippen molar-refractivity contribution in [1.29, 1.82) is 0 Å². The van der Waals surface area contributed by atoms with Crippen molar-refractivity contribution < 1.29 is 34.0 Å². The van der Waals surface area contributed by atoms with E-state index < -0.39 is 17.6 Å². The third-order valence-corrected chi connectivity index (χ3v) is 6.66. The SMILES string of the molecule is CCN1CCC[C@H]1CNC(=O)c1c(O)c(O)cc(Br)c1OC.COc1ccc(C(N)=O)c(OC)c1C. The van der Waals surface area contributed by atoms with Gasteiger partial charge in [-0.25, -0.2) is 0 Å². The summed E-state index contributed by atoms with van der Waals surface area (Å²) in [6, 6.07) is 4.88. The van der Waals surface area contributed by atoms with Crippen molar-refractivity contribution in [3.05, 3.63) is 39.4 Å². The quantitative estimate of drug-likeness (QED) is 0.356. The molecule has 11 heteroatoms. The van der Waals surface area contributed by atoms with Gasteiger partial charge in [0.05, 0.1) is 31.4 Å². The first-order valence-corrected chi connectivity index (χ1v) is 12.2. The third-order valence-electron chi connectivity index (χ3n) is 6.07. The maximum atomic E-state index is 12.4. The molecule has 1 fully saturated rings. The lowest BCUT2D eigenvalue weighted by molar-refractivity contribution is 0.0933. The molecule has 0 saturated carbocycles. The number of nitrogens with two attached hydrogens (primary N) is 1. The first-order chi connectivity index (χ1) is 17.1. The molecule has 2 amide bonds. The molecule has 1 saturated heterocycles. The molecule has 0 aromatic heterocycles. The van der Waals surface area contributed by atoms with E-state index in [1.165, 1.54) is 20.3 Å². The van der Waals surface area contributed by atoms with E-state index in [1.807, 2.05) is 6.92 Å². The predicted octanol–water partition coefficient (Wildman–Crippen LogP) is 3.19. The number of amides is 2. The summed E-state index contributed by atoms with van der Waals surface area (Å²) in [5.74, 6) is -0.470. The molecule has 5 N–H and O–H groups in total. The minimum absolute atomic E-state index is 0.0598. The molecule has 36 heavy (non-hydrogen) atoms. The maximum absolute atomic E-state index is 12.4. The van der Waals surface area contributed by atoms with E-state index in [4.69, 9.17) is 19.9 Å². The number of carbonyl (C=O) groups is 2. The Hall–Kier alpha value is -3.18. The van der Waals surface area contributed by atoms with Crippen LogP contribution >= 0.6 is 15.9 Å². The van der Waals surface area contributed by atoms with E-state index >= 15 is 0 Å². The molecule has 0 radical (unpaired) electrons. The summed E-state index contributed by atoms with van der Waals surface area (Å²) >= 11 is 3.21. The second-order valence-corrected chi connectivity index (χ2v) is 8.96. The fraction of sp³-hybridized carbons (Fsp3) is 0.440. The summed E-state index contributed by atoms with van der Waals surface area (Å²) in [5, 5.41) is 22.5. The van der Waals surface area contributed by atoms with Crippen LogP contribution in [-0.2, 0) is 0 Å². The zero-order valence-corrected chi connectivity index (χ0v) is 22.8.